The lowest BCUT2D eigenvalue weighted by molar-refractivity contribution is 0.0322. The number of hydrogen-bond acceptors (Lipinski definition) is 3. The van der Waals surface area contributed by atoms with Crippen molar-refractivity contribution in [1.29, 1.82) is 0 Å². The molecule has 0 spiro atoms. The van der Waals surface area contributed by atoms with Crippen molar-refractivity contribution in [2.24, 2.45) is 0 Å². The first-order valence-electron chi connectivity index (χ1n) is 10.1. The fourth-order valence-corrected chi connectivity index (χ4v) is 3.21. The van der Waals surface area contributed by atoms with E-state index in [1.165, 1.54) is 5.56 Å². The van der Waals surface area contributed by atoms with Gasteiger partial charge in [-0.2, -0.15) is 0 Å². The van der Waals surface area contributed by atoms with Crippen molar-refractivity contribution < 1.29 is 9.47 Å². The lowest BCUT2D eigenvalue weighted by Gasteiger charge is -2.26. The number of hydrogen-bond donors (Lipinski definition) is 0. The molecular weight excluding hydrogens is 346 g/mol. The van der Waals surface area contributed by atoms with Gasteiger partial charge in [0.1, 0.15) is 12.4 Å². The molecule has 0 radical (unpaired) electrons. The summed E-state index contributed by atoms with van der Waals surface area (Å²) in [6.45, 7) is 9.13. The van der Waals surface area contributed by atoms with Crippen molar-refractivity contribution >= 4 is 0 Å². The van der Waals surface area contributed by atoms with E-state index in [0.29, 0.717) is 6.61 Å². The lowest BCUT2D eigenvalue weighted by Crippen LogP contribution is -2.38. The van der Waals surface area contributed by atoms with Gasteiger partial charge in [-0.05, 0) is 42.7 Å². The lowest BCUT2D eigenvalue weighted by atomic mass is 9.94. The molecule has 1 saturated heterocycles. The van der Waals surface area contributed by atoms with E-state index in [2.05, 4.69) is 47.6 Å². The van der Waals surface area contributed by atoms with E-state index >= 15 is 0 Å². The van der Waals surface area contributed by atoms with Gasteiger partial charge in [0, 0.05) is 31.1 Å². The van der Waals surface area contributed by atoms with E-state index in [-0.39, 0.29) is 5.92 Å². The molecule has 0 aliphatic carbocycles. The molecule has 0 N–H and O–H groups in total. The molecular formula is C25H29NO2. The Bertz CT molecular complexity index is 768. The van der Waals surface area contributed by atoms with Gasteiger partial charge in [-0.15, -0.1) is 6.58 Å². The van der Waals surface area contributed by atoms with Crippen LogP contribution in [0.5, 0.6) is 5.75 Å². The number of nitrogens with zero attached hydrogens (tertiary/aromatic N) is 1. The summed E-state index contributed by atoms with van der Waals surface area (Å²) in [4.78, 5) is 2.38. The maximum Gasteiger partial charge on any atom is 0.119 e. The Balaban J connectivity index is 1.58. The van der Waals surface area contributed by atoms with Gasteiger partial charge >= 0.3 is 0 Å². The van der Waals surface area contributed by atoms with Gasteiger partial charge in [0.2, 0.25) is 0 Å². The molecule has 1 unspecified atom stereocenters. The van der Waals surface area contributed by atoms with Crippen LogP contribution >= 0.6 is 0 Å². The smallest absolute Gasteiger partial charge is 0.119 e. The Hall–Kier alpha value is -2.54. The van der Waals surface area contributed by atoms with Crippen molar-refractivity contribution in [2.75, 3.05) is 39.5 Å². The van der Waals surface area contributed by atoms with Gasteiger partial charge in [-0.3, -0.25) is 4.90 Å². The van der Waals surface area contributed by atoms with Crippen LogP contribution in [0.4, 0.5) is 0 Å². The first kappa shape index (κ1) is 20.2. The van der Waals surface area contributed by atoms with Gasteiger partial charge in [-0.25, -0.2) is 0 Å². The minimum absolute atomic E-state index is 0.195. The summed E-state index contributed by atoms with van der Waals surface area (Å²) in [6, 6.07) is 18.5. The normalized spacial score (nSPS) is 15.3. The largest absolute Gasteiger partial charge is 0.492 e. The second-order valence-corrected chi connectivity index (χ2v) is 6.93. The SMILES string of the molecule is C=CCCC(C#Cc1ccccc1)c1ccc(OCCN2CCOCC2)cc1. The molecule has 28 heavy (non-hydrogen) atoms. The van der Waals surface area contributed by atoms with Crippen LogP contribution in [0, 0.1) is 11.8 Å². The summed E-state index contributed by atoms with van der Waals surface area (Å²) in [5, 5.41) is 0. The molecule has 2 aromatic carbocycles. The molecule has 0 saturated carbocycles. The standard InChI is InChI=1S/C25H29NO2/c1-2-3-9-23(11-10-22-7-5-4-6-8-22)24-12-14-25(15-13-24)28-21-18-26-16-19-27-20-17-26/h2,4-8,12-15,23H,1,3,9,16-21H2. The number of morpholine rings is 1. The molecule has 3 heteroatoms. The summed E-state index contributed by atoms with van der Waals surface area (Å²) >= 11 is 0. The Morgan fingerprint density at radius 1 is 1.07 bits per heavy atom. The second-order valence-electron chi connectivity index (χ2n) is 6.93. The van der Waals surface area contributed by atoms with Crippen molar-refractivity contribution in [2.45, 2.75) is 18.8 Å². The zero-order chi connectivity index (χ0) is 19.4. The van der Waals surface area contributed by atoms with Gasteiger partial charge in [0.15, 0.2) is 0 Å². The van der Waals surface area contributed by atoms with Crippen LogP contribution in [0.15, 0.2) is 67.3 Å². The van der Waals surface area contributed by atoms with Crippen LogP contribution in [-0.2, 0) is 4.74 Å². The van der Waals surface area contributed by atoms with Gasteiger partial charge in [-0.1, -0.05) is 48.2 Å². The molecule has 146 valence electrons. The quantitative estimate of drug-likeness (QED) is 0.501. The van der Waals surface area contributed by atoms with Gasteiger partial charge in [0.05, 0.1) is 13.2 Å². The molecule has 1 fully saturated rings. The molecule has 1 aliphatic heterocycles. The average molecular weight is 376 g/mol. The molecule has 1 atom stereocenters. The predicted molar refractivity (Wildman–Crippen MR) is 115 cm³/mol. The maximum absolute atomic E-state index is 5.92. The monoisotopic (exact) mass is 375 g/mol. The summed E-state index contributed by atoms with van der Waals surface area (Å²) in [6.07, 6.45) is 3.88. The minimum atomic E-state index is 0.195. The van der Waals surface area contributed by atoms with E-state index < -0.39 is 0 Å². The van der Waals surface area contributed by atoms with E-state index in [1.807, 2.05) is 36.4 Å². The van der Waals surface area contributed by atoms with E-state index in [0.717, 1.165) is 57.0 Å². The number of benzene rings is 2. The van der Waals surface area contributed by atoms with E-state index in [4.69, 9.17) is 9.47 Å². The van der Waals surface area contributed by atoms with Crippen LogP contribution in [0.25, 0.3) is 0 Å². The summed E-state index contributed by atoms with van der Waals surface area (Å²) < 4.78 is 11.3. The molecule has 2 aromatic rings. The highest BCUT2D eigenvalue weighted by molar-refractivity contribution is 5.39. The van der Waals surface area contributed by atoms with Crippen molar-refractivity contribution in [3.63, 3.8) is 0 Å². The predicted octanol–water partition coefficient (Wildman–Crippen LogP) is 4.50. The van der Waals surface area contributed by atoms with Crippen molar-refractivity contribution in [1.82, 2.24) is 4.90 Å². The zero-order valence-electron chi connectivity index (χ0n) is 16.5. The van der Waals surface area contributed by atoms with Gasteiger partial charge in [0.25, 0.3) is 0 Å². The van der Waals surface area contributed by atoms with Crippen LogP contribution in [0.1, 0.15) is 29.9 Å². The number of rotatable bonds is 8. The van der Waals surface area contributed by atoms with E-state index in [9.17, 15) is 0 Å². The molecule has 0 bridgehead atoms. The third-order valence-electron chi connectivity index (χ3n) is 4.89. The maximum atomic E-state index is 5.92. The Morgan fingerprint density at radius 2 is 1.82 bits per heavy atom. The third kappa shape index (κ3) is 6.56. The molecule has 0 aromatic heterocycles. The topological polar surface area (TPSA) is 21.7 Å². The Morgan fingerprint density at radius 3 is 2.54 bits per heavy atom. The third-order valence-corrected chi connectivity index (χ3v) is 4.89. The number of allylic oxidation sites excluding steroid dienone is 1. The fourth-order valence-electron chi connectivity index (χ4n) is 3.21. The highest BCUT2D eigenvalue weighted by Crippen LogP contribution is 2.23. The Labute approximate surface area is 169 Å². The molecule has 3 nitrogen and oxygen atoms in total. The van der Waals surface area contributed by atoms with Crippen LogP contribution in [-0.4, -0.2) is 44.4 Å². The first-order valence-corrected chi connectivity index (χ1v) is 10.1. The van der Waals surface area contributed by atoms with E-state index in [1.54, 1.807) is 0 Å². The van der Waals surface area contributed by atoms with Gasteiger partial charge < -0.3 is 9.47 Å². The molecule has 0 amide bonds. The molecule has 3 rings (SSSR count). The zero-order valence-corrected chi connectivity index (χ0v) is 16.5. The first-order chi connectivity index (χ1) is 13.8. The fraction of sp³-hybridized carbons (Fsp3) is 0.360. The minimum Gasteiger partial charge on any atom is -0.492 e. The highest BCUT2D eigenvalue weighted by atomic mass is 16.5. The highest BCUT2D eigenvalue weighted by Gasteiger charge is 2.11. The van der Waals surface area contributed by atoms with Crippen LogP contribution in [0.2, 0.25) is 0 Å². The second kappa shape index (κ2) is 11.3. The van der Waals surface area contributed by atoms with Crippen molar-refractivity contribution in [3.05, 3.63) is 78.4 Å². The summed E-state index contributed by atoms with van der Waals surface area (Å²) in [5.74, 6) is 7.85. The molecule has 1 heterocycles. The van der Waals surface area contributed by atoms with Crippen LogP contribution < -0.4 is 4.74 Å². The molecule has 1 aliphatic rings. The Kier molecular flexibility index (Phi) is 8.18. The average Bonchev–Trinajstić information content (AvgIpc) is 2.76. The summed E-state index contributed by atoms with van der Waals surface area (Å²) in [5.41, 5.74) is 2.28. The van der Waals surface area contributed by atoms with Crippen LogP contribution in [0.3, 0.4) is 0 Å². The summed E-state index contributed by atoms with van der Waals surface area (Å²) in [7, 11) is 0. The number of ether oxygens (including phenoxy) is 2. The van der Waals surface area contributed by atoms with Crippen molar-refractivity contribution in [3.8, 4) is 17.6 Å².